The fourth-order valence-electron chi connectivity index (χ4n) is 6.14. The van der Waals surface area contributed by atoms with Crippen LogP contribution in [0.15, 0.2) is 34.0 Å². The SMILES string of the molecule is O=C(O)c1cn([C@H]2CC[C@H](N3CCCC3=O)CC2)c(=O)n([C@@H]2CCc3c2cccc3C(F)(F)F)c1=O. The molecule has 2 heterocycles. The third kappa shape index (κ3) is 4.04. The number of hydrogen-bond donors (Lipinski definition) is 1. The number of amides is 1. The summed E-state index contributed by atoms with van der Waals surface area (Å²) < 4.78 is 42.7. The van der Waals surface area contributed by atoms with Gasteiger partial charge in [0.15, 0.2) is 0 Å². The number of benzene rings is 1. The molecule has 11 heteroatoms. The Morgan fingerprint density at radius 3 is 2.28 bits per heavy atom. The minimum absolute atomic E-state index is 0.0217. The molecule has 192 valence electrons. The highest BCUT2D eigenvalue weighted by atomic mass is 19.4. The number of carbonyl (C=O) groups is 2. The Hall–Kier alpha value is -3.37. The molecule has 0 unspecified atom stereocenters. The highest BCUT2D eigenvalue weighted by Gasteiger charge is 2.39. The molecule has 0 radical (unpaired) electrons. The second-order valence-electron chi connectivity index (χ2n) is 9.79. The standard InChI is InChI=1S/C25H26F3N3O5/c26-25(27,28)19-4-1-3-17-16(19)10-11-20(17)31-22(33)18(23(34)35)13-30(24(31)36)15-8-6-14(7-9-15)29-12-2-5-21(29)32/h1,3-4,13-15,20H,2,5-12H2,(H,34,35)/t14-,15-,20-/m1/s1. The van der Waals surface area contributed by atoms with Crippen LogP contribution in [0, 0.1) is 0 Å². The average molecular weight is 505 g/mol. The number of aromatic carboxylic acids is 1. The average Bonchev–Trinajstić information content (AvgIpc) is 3.45. The molecule has 1 aromatic heterocycles. The molecule has 1 atom stereocenters. The van der Waals surface area contributed by atoms with Gasteiger partial charge in [-0.15, -0.1) is 0 Å². The molecule has 0 bridgehead atoms. The zero-order valence-electron chi connectivity index (χ0n) is 19.5. The Balaban J connectivity index is 1.53. The molecule has 1 aromatic carbocycles. The van der Waals surface area contributed by atoms with Gasteiger partial charge in [-0.25, -0.2) is 9.59 Å². The summed E-state index contributed by atoms with van der Waals surface area (Å²) in [5.74, 6) is -1.38. The maximum Gasteiger partial charge on any atom is 0.416 e. The first kappa shape index (κ1) is 24.3. The van der Waals surface area contributed by atoms with Gasteiger partial charge in [0.25, 0.3) is 5.56 Å². The zero-order chi connectivity index (χ0) is 25.8. The summed E-state index contributed by atoms with van der Waals surface area (Å²) >= 11 is 0. The molecule has 8 nitrogen and oxygen atoms in total. The summed E-state index contributed by atoms with van der Waals surface area (Å²) in [6, 6.07) is 2.39. The van der Waals surface area contributed by atoms with E-state index in [1.165, 1.54) is 16.7 Å². The summed E-state index contributed by atoms with van der Waals surface area (Å²) in [7, 11) is 0. The van der Waals surface area contributed by atoms with E-state index in [4.69, 9.17) is 0 Å². The number of fused-ring (bicyclic) bond motifs is 1. The first-order valence-corrected chi connectivity index (χ1v) is 12.2. The Morgan fingerprint density at radius 2 is 1.67 bits per heavy atom. The number of rotatable bonds is 4. The van der Waals surface area contributed by atoms with Crippen LogP contribution in [-0.2, 0) is 17.4 Å². The zero-order valence-corrected chi connectivity index (χ0v) is 19.5. The van der Waals surface area contributed by atoms with Crippen molar-refractivity contribution in [2.24, 2.45) is 0 Å². The third-order valence-electron chi connectivity index (χ3n) is 7.84. The maximum atomic E-state index is 13.6. The largest absolute Gasteiger partial charge is 0.477 e. The van der Waals surface area contributed by atoms with Crippen LogP contribution in [0.4, 0.5) is 13.2 Å². The Morgan fingerprint density at radius 1 is 0.972 bits per heavy atom. The van der Waals surface area contributed by atoms with E-state index in [9.17, 15) is 37.5 Å². The third-order valence-corrected chi connectivity index (χ3v) is 7.84. The van der Waals surface area contributed by atoms with Crippen LogP contribution in [-0.4, -0.2) is 43.6 Å². The molecular weight excluding hydrogens is 479 g/mol. The number of carboxylic acids is 1. The van der Waals surface area contributed by atoms with Crippen molar-refractivity contribution in [1.29, 1.82) is 0 Å². The molecule has 1 N–H and O–H groups in total. The van der Waals surface area contributed by atoms with Crippen molar-refractivity contribution in [2.75, 3.05) is 6.54 Å². The highest BCUT2D eigenvalue weighted by Crippen LogP contribution is 2.41. The minimum Gasteiger partial charge on any atom is -0.477 e. The lowest BCUT2D eigenvalue weighted by molar-refractivity contribution is -0.138. The summed E-state index contributed by atoms with van der Waals surface area (Å²) in [6.07, 6.45) is 0.280. The van der Waals surface area contributed by atoms with Crippen molar-refractivity contribution in [3.8, 4) is 0 Å². The quantitative estimate of drug-likeness (QED) is 0.687. The van der Waals surface area contributed by atoms with E-state index in [-0.39, 0.29) is 42.0 Å². The number of aromatic nitrogens is 2. The second-order valence-corrected chi connectivity index (χ2v) is 9.79. The molecule has 36 heavy (non-hydrogen) atoms. The van der Waals surface area contributed by atoms with E-state index in [2.05, 4.69) is 0 Å². The monoisotopic (exact) mass is 505 g/mol. The smallest absolute Gasteiger partial charge is 0.416 e. The molecule has 1 saturated heterocycles. The lowest BCUT2D eigenvalue weighted by Crippen LogP contribution is -2.46. The van der Waals surface area contributed by atoms with Gasteiger partial charge in [0.05, 0.1) is 11.6 Å². The molecule has 3 aliphatic rings. The number of alkyl halides is 3. The molecule has 0 spiro atoms. The van der Waals surface area contributed by atoms with Gasteiger partial charge in [-0.3, -0.25) is 18.7 Å². The summed E-state index contributed by atoms with van der Waals surface area (Å²) in [4.78, 5) is 52.6. The Bertz CT molecular complexity index is 1340. The summed E-state index contributed by atoms with van der Waals surface area (Å²) in [5.41, 5.74) is -2.89. The molecule has 1 saturated carbocycles. The van der Waals surface area contributed by atoms with E-state index < -0.39 is 40.6 Å². The molecule has 5 rings (SSSR count). The van der Waals surface area contributed by atoms with Crippen molar-refractivity contribution in [3.05, 3.63) is 67.5 Å². The van der Waals surface area contributed by atoms with E-state index in [0.29, 0.717) is 38.6 Å². The van der Waals surface area contributed by atoms with Crippen LogP contribution in [0.3, 0.4) is 0 Å². The number of nitrogens with zero attached hydrogens (tertiary/aromatic N) is 3. The fourth-order valence-corrected chi connectivity index (χ4v) is 6.14. The van der Waals surface area contributed by atoms with E-state index >= 15 is 0 Å². The highest BCUT2D eigenvalue weighted by molar-refractivity contribution is 5.86. The fraction of sp³-hybridized carbons (Fsp3) is 0.520. The van der Waals surface area contributed by atoms with Crippen molar-refractivity contribution in [2.45, 2.75) is 75.7 Å². The van der Waals surface area contributed by atoms with Crippen molar-refractivity contribution in [1.82, 2.24) is 14.0 Å². The van der Waals surface area contributed by atoms with Gasteiger partial charge < -0.3 is 10.0 Å². The first-order valence-electron chi connectivity index (χ1n) is 12.2. The van der Waals surface area contributed by atoms with Crippen molar-refractivity contribution in [3.63, 3.8) is 0 Å². The van der Waals surface area contributed by atoms with Gasteiger partial charge in [0.1, 0.15) is 5.56 Å². The van der Waals surface area contributed by atoms with Crippen molar-refractivity contribution >= 4 is 11.9 Å². The van der Waals surface area contributed by atoms with Crippen LogP contribution < -0.4 is 11.2 Å². The minimum atomic E-state index is -4.58. The molecule has 2 aliphatic carbocycles. The number of likely N-dealkylation sites (tertiary alicyclic amines) is 1. The van der Waals surface area contributed by atoms with Crippen LogP contribution in [0.1, 0.15) is 84.1 Å². The predicted octanol–water partition coefficient (Wildman–Crippen LogP) is 3.37. The van der Waals surface area contributed by atoms with Gasteiger partial charge in [0, 0.05) is 31.2 Å². The van der Waals surface area contributed by atoms with E-state index in [1.54, 1.807) is 0 Å². The molecular formula is C25H26F3N3O5. The predicted molar refractivity (Wildman–Crippen MR) is 122 cm³/mol. The molecule has 2 fully saturated rings. The number of hydrogen-bond acceptors (Lipinski definition) is 4. The normalized spacial score (nSPS) is 24.2. The van der Waals surface area contributed by atoms with Gasteiger partial charge >= 0.3 is 17.8 Å². The maximum absolute atomic E-state index is 13.6. The number of halogens is 3. The van der Waals surface area contributed by atoms with Crippen LogP contribution in [0.2, 0.25) is 0 Å². The van der Waals surface area contributed by atoms with Crippen molar-refractivity contribution < 1.29 is 27.9 Å². The van der Waals surface area contributed by atoms with Gasteiger partial charge in [-0.1, -0.05) is 12.1 Å². The molecule has 2 aromatic rings. The van der Waals surface area contributed by atoms with Crippen LogP contribution >= 0.6 is 0 Å². The number of carbonyl (C=O) groups excluding carboxylic acids is 1. The van der Waals surface area contributed by atoms with Gasteiger partial charge in [0.2, 0.25) is 5.91 Å². The van der Waals surface area contributed by atoms with Crippen LogP contribution in [0.5, 0.6) is 0 Å². The lowest BCUT2D eigenvalue weighted by Gasteiger charge is -2.35. The van der Waals surface area contributed by atoms with E-state index in [1.807, 2.05) is 4.90 Å². The summed E-state index contributed by atoms with van der Waals surface area (Å²) in [5, 5.41) is 9.69. The Kier molecular flexibility index (Phi) is 6.04. The first-order chi connectivity index (χ1) is 17.1. The lowest BCUT2D eigenvalue weighted by atomic mass is 9.90. The number of carboxylic acid groups (broad SMARTS) is 1. The Labute approximate surface area is 204 Å². The topological polar surface area (TPSA) is 102 Å². The van der Waals surface area contributed by atoms with Gasteiger partial charge in [-0.2, -0.15) is 13.2 Å². The van der Waals surface area contributed by atoms with Crippen LogP contribution in [0.25, 0.3) is 0 Å². The van der Waals surface area contributed by atoms with E-state index in [0.717, 1.165) is 23.3 Å². The molecule has 1 aliphatic heterocycles. The van der Waals surface area contributed by atoms with Gasteiger partial charge in [-0.05, 0) is 62.1 Å². The summed E-state index contributed by atoms with van der Waals surface area (Å²) in [6.45, 7) is 0.711. The second kappa shape index (κ2) is 8.94. The molecule has 1 amide bonds.